The number of ether oxygens (including phenoxy) is 2. The molecule has 0 spiro atoms. The summed E-state index contributed by atoms with van der Waals surface area (Å²) < 4.78 is 10.1. The van der Waals surface area contributed by atoms with E-state index in [9.17, 15) is 5.11 Å². The molecule has 1 unspecified atom stereocenters. The molecule has 0 aliphatic carbocycles. The van der Waals surface area contributed by atoms with Gasteiger partial charge in [0.2, 0.25) is 0 Å². The van der Waals surface area contributed by atoms with Gasteiger partial charge in [-0.15, -0.1) is 0 Å². The second-order valence-electron chi connectivity index (χ2n) is 3.54. The van der Waals surface area contributed by atoms with E-state index >= 15 is 0 Å². The smallest absolute Gasteiger partial charge is 0.102 e. The lowest BCUT2D eigenvalue weighted by Crippen LogP contribution is -2.11. The zero-order valence-electron chi connectivity index (χ0n) is 9.48. The Morgan fingerprint density at radius 1 is 1.44 bits per heavy atom. The van der Waals surface area contributed by atoms with E-state index in [0.29, 0.717) is 18.9 Å². The van der Waals surface area contributed by atoms with Crippen LogP contribution in [0.3, 0.4) is 0 Å². The van der Waals surface area contributed by atoms with Gasteiger partial charge in [-0.3, -0.25) is 0 Å². The number of methoxy groups -OCH3 is 1. The fourth-order valence-corrected chi connectivity index (χ4v) is 1.25. The molecule has 16 heavy (non-hydrogen) atoms. The lowest BCUT2D eigenvalue weighted by atomic mass is 10.1. The lowest BCUT2D eigenvalue weighted by Gasteiger charge is -2.12. The van der Waals surface area contributed by atoms with Gasteiger partial charge in [0.1, 0.15) is 6.10 Å². The van der Waals surface area contributed by atoms with Crippen LogP contribution in [0, 0.1) is 6.92 Å². The molecule has 1 radical (unpaired) electrons. The molecule has 1 rings (SSSR count). The third-order valence-corrected chi connectivity index (χ3v) is 2.26. The molecule has 0 aromatic heterocycles. The topological polar surface area (TPSA) is 64.7 Å². The van der Waals surface area contributed by atoms with Gasteiger partial charge in [0, 0.05) is 12.8 Å². The Labute approximate surface area is 96.0 Å². The number of nitrogens with two attached hydrogens (primary N) is 1. The number of anilines is 1. The van der Waals surface area contributed by atoms with Crippen molar-refractivity contribution in [2.75, 3.05) is 32.7 Å². The van der Waals surface area contributed by atoms with Crippen LogP contribution in [0.5, 0.6) is 0 Å². The third kappa shape index (κ3) is 3.81. The summed E-state index contributed by atoms with van der Waals surface area (Å²) in [7, 11) is 1.60. The summed E-state index contributed by atoms with van der Waals surface area (Å²) in [6.45, 7) is 4.98. The number of hydrogen-bond donors (Lipinski definition) is 2. The van der Waals surface area contributed by atoms with Gasteiger partial charge in [0.15, 0.2) is 0 Å². The summed E-state index contributed by atoms with van der Waals surface area (Å²) in [5.41, 5.74) is 7.78. The molecule has 4 heteroatoms. The van der Waals surface area contributed by atoms with E-state index < -0.39 is 6.10 Å². The highest BCUT2D eigenvalue weighted by Gasteiger charge is 2.08. The van der Waals surface area contributed by atoms with Crippen LogP contribution in [-0.4, -0.2) is 32.0 Å². The Hall–Kier alpha value is -1.10. The maximum absolute atomic E-state index is 9.79. The fourth-order valence-electron chi connectivity index (χ4n) is 1.25. The number of nitrogen functional groups attached to an aromatic ring is 1. The normalized spacial score (nSPS) is 12.7. The van der Waals surface area contributed by atoms with Crippen molar-refractivity contribution in [3.05, 3.63) is 36.2 Å². The fraction of sp³-hybridized carbons (Fsp3) is 0.417. The van der Waals surface area contributed by atoms with Gasteiger partial charge in [0.25, 0.3) is 0 Å². The summed E-state index contributed by atoms with van der Waals surface area (Å²) in [5, 5.41) is 9.79. The predicted octanol–water partition coefficient (Wildman–Crippen LogP) is 1.15. The van der Waals surface area contributed by atoms with Crippen LogP contribution in [0.2, 0.25) is 0 Å². The molecule has 1 aromatic carbocycles. The lowest BCUT2D eigenvalue weighted by molar-refractivity contribution is 0.0126. The molecule has 0 amide bonds. The van der Waals surface area contributed by atoms with Gasteiger partial charge in [-0.1, -0.05) is 12.1 Å². The van der Waals surface area contributed by atoms with Crippen LogP contribution < -0.4 is 5.73 Å². The molecule has 89 valence electrons. The molecule has 3 N–H and O–H groups in total. The minimum atomic E-state index is -0.667. The minimum Gasteiger partial charge on any atom is -0.398 e. The van der Waals surface area contributed by atoms with E-state index in [2.05, 4.69) is 6.92 Å². The van der Waals surface area contributed by atoms with Crippen LogP contribution in [-0.2, 0) is 9.47 Å². The first-order valence-electron chi connectivity index (χ1n) is 5.11. The number of benzene rings is 1. The van der Waals surface area contributed by atoms with Gasteiger partial charge in [0.05, 0.1) is 19.8 Å². The Kier molecular flexibility index (Phi) is 5.25. The maximum Gasteiger partial charge on any atom is 0.102 e. The van der Waals surface area contributed by atoms with E-state index in [1.54, 1.807) is 25.3 Å². The largest absolute Gasteiger partial charge is 0.398 e. The van der Waals surface area contributed by atoms with Crippen molar-refractivity contribution >= 4 is 5.69 Å². The molecular weight excluding hydrogens is 206 g/mol. The molecule has 0 fully saturated rings. The van der Waals surface area contributed by atoms with Crippen molar-refractivity contribution in [2.45, 2.75) is 6.10 Å². The molecule has 1 aromatic rings. The molecule has 0 saturated carbocycles. The van der Waals surface area contributed by atoms with Crippen LogP contribution in [0.1, 0.15) is 17.2 Å². The standard InChI is InChI=1S/C12H18NO3/c1-9-3-4-10(7-11(9)13)12(14)8-16-6-5-15-2/h3-4,7,12,14H,1,5-6,8,13H2,2H3. The Morgan fingerprint density at radius 3 is 2.81 bits per heavy atom. The minimum absolute atomic E-state index is 0.235. The monoisotopic (exact) mass is 224 g/mol. The summed E-state index contributed by atoms with van der Waals surface area (Å²) in [6, 6.07) is 5.29. The van der Waals surface area contributed by atoms with E-state index in [0.717, 1.165) is 11.1 Å². The van der Waals surface area contributed by atoms with Crippen LogP contribution in [0.15, 0.2) is 18.2 Å². The van der Waals surface area contributed by atoms with Gasteiger partial charge in [-0.2, -0.15) is 0 Å². The number of aliphatic hydroxyl groups is 1. The maximum atomic E-state index is 9.79. The van der Waals surface area contributed by atoms with Gasteiger partial charge in [-0.25, -0.2) is 0 Å². The molecular formula is C12H18NO3. The summed E-state index contributed by atoms with van der Waals surface area (Å²) in [4.78, 5) is 0. The molecule has 1 atom stereocenters. The van der Waals surface area contributed by atoms with Crippen molar-refractivity contribution in [1.82, 2.24) is 0 Å². The summed E-state index contributed by atoms with van der Waals surface area (Å²) in [6.07, 6.45) is -0.667. The van der Waals surface area contributed by atoms with Gasteiger partial charge < -0.3 is 20.3 Å². The Morgan fingerprint density at radius 2 is 2.19 bits per heavy atom. The first-order valence-corrected chi connectivity index (χ1v) is 5.11. The average Bonchev–Trinajstić information content (AvgIpc) is 2.28. The highest BCUT2D eigenvalue weighted by Crippen LogP contribution is 2.19. The van der Waals surface area contributed by atoms with Gasteiger partial charge >= 0.3 is 0 Å². The number of hydrogen-bond acceptors (Lipinski definition) is 4. The highest BCUT2D eigenvalue weighted by molar-refractivity contribution is 5.51. The van der Waals surface area contributed by atoms with Crippen molar-refractivity contribution in [2.24, 2.45) is 0 Å². The number of aliphatic hydroxyl groups excluding tert-OH is 1. The second-order valence-corrected chi connectivity index (χ2v) is 3.54. The first-order chi connectivity index (χ1) is 7.65. The van der Waals surface area contributed by atoms with E-state index in [1.807, 2.05) is 0 Å². The zero-order chi connectivity index (χ0) is 12.0. The number of rotatable bonds is 6. The third-order valence-electron chi connectivity index (χ3n) is 2.26. The van der Waals surface area contributed by atoms with Crippen molar-refractivity contribution in [3.63, 3.8) is 0 Å². The molecule has 0 bridgehead atoms. The van der Waals surface area contributed by atoms with Crippen molar-refractivity contribution < 1.29 is 14.6 Å². The Bertz CT molecular complexity index is 328. The molecule has 0 heterocycles. The molecule has 4 nitrogen and oxygen atoms in total. The van der Waals surface area contributed by atoms with Crippen LogP contribution >= 0.6 is 0 Å². The second kappa shape index (κ2) is 6.48. The van der Waals surface area contributed by atoms with Crippen LogP contribution in [0.25, 0.3) is 0 Å². The summed E-state index contributed by atoms with van der Waals surface area (Å²) in [5.74, 6) is 0. The highest BCUT2D eigenvalue weighted by atomic mass is 16.5. The quantitative estimate of drug-likeness (QED) is 0.562. The van der Waals surface area contributed by atoms with Crippen LogP contribution in [0.4, 0.5) is 5.69 Å². The van der Waals surface area contributed by atoms with Crippen molar-refractivity contribution in [1.29, 1.82) is 0 Å². The zero-order valence-corrected chi connectivity index (χ0v) is 9.48. The van der Waals surface area contributed by atoms with Gasteiger partial charge in [-0.05, 0) is 24.1 Å². The predicted molar refractivity (Wildman–Crippen MR) is 63.0 cm³/mol. The SMILES string of the molecule is [CH2]c1ccc(C(O)COCCOC)cc1N. The first kappa shape index (κ1) is 13.0. The van der Waals surface area contributed by atoms with Crippen molar-refractivity contribution in [3.8, 4) is 0 Å². The summed E-state index contributed by atoms with van der Waals surface area (Å²) >= 11 is 0. The Balaban J connectivity index is 2.46. The van der Waals surface area contributed by atoms with E-state index in [4.69, 9.17) is 15.2 Å². The average molecular weight is 224 g/mol. The molecule has 0 saturated heterocycles. The van der Waals surface area contributed by atoms with E-state index in [-0.39, 0.29) is 6.61 Å². The molecule has 0 aliphatic rings. The van der Waals surface area contributed by atoms with E-state index in [1.165, 1.54) is 0 Å². The molecule has 0 aliphatic heterocycles.